The minimum atomic E-state index is -3.45. The first-order valence-electron chi connectivity index (χ1n) is 5.86. The fourth-order valence-electron chi connectivity index (χ4n) is 2.38. The molecule has 0 amide bonds. The van der Waals surface area contributed by atoms with Crippen molar-refractivity contribution in [2.24, 2.45) is 0 Å². The van der Waals surface area contributed by atoms with Crippen molar-refractivity contribution < 1.29 is 13.2 Å². The van der Waals surface area contributed by atoms with Crippen LogP contribution in [0, 0.1) is 13.8 Å². The molecule has 1 aromatic carbocycles. The second-order valence-corrected chi connectivity index (χ2v) is 7.62. The van der Waals surface area contributed by atoms with E-state index in [9.17, 15) is 13.2 Å². The van der Waals surface area contributed by atoms with Gasteiger partial charge >= 0.3 is 0 Å². The third-order valence-electron chi connectivity index (χ3n) is 3.56. The van der Waals surface area contributed by atoms with Gasteiger partial charge in [-0.15, -0.1) is 11.3 Å². The summed E-state index contributed by atoms with van der Waals surface area (Å²) in [6.07, 6.45) is 0. The quantitative estimate of drug-likeness (QED) is 0.750. The van der Waals surface area contributed by atoms with Crippen LogP contribution in [0.5, 0.6) is 0 Å². The van der Waals surface area contributed by atoms with Crippen LogP contribution in [0.4, 0.5) is 0 Å². The lowest BCUT2D eigenvalue weighted by molar-refractivity contribution is 0.103. The molecule has 2 heterocycles. The molecule has 0 N–H and O–H groups in total. The number of sulfone groups is 1. The van der Waals surface area contributed by atoms with Gasteiger partial charge < -0.3 is 0 Å². The van der Waals surface area contributed by atoms with E-state index in [-0.39, 0.29) is 16.4 Å². The molecular formula is C14H12O3S2. The van der Waals surface area contributed by atoms with Crippen molar-refractivity contribution in [1.82, 2.24) is 0 Å². The molecule has 0 bridgehead atoms. The predicted octanol–water partition coefficient (Wildman–Crippen LogP) is 2.88. The van der Waals surface area contributed by atoms with Crippen molar-refractivity contribution in [2.75, 3.05) is 0 Å². The highest BCUT2D eigenvalue weighted by molar-refractivity contribution is 7.90. The number of carbonyl (C=O) groups is 1. The zero-order chi connectivity index (χ0) is 13.8. The third kappa shape index (κ3) is 1.76. The monoisotopic (exact) mass is 292 g/mol. The molecule has 3 nitrogen and oxygen atoms in total. The van der Waals surface area contributed by atoms with Gasteiger partial charge in [0.05, 0.1) is 15.5 Å². The van der Waals surface area contributed by atoms with Crippen molar-refractivity contribution >= 4 is 27.0 Å². The second kappa shape index (κ2) is 4.02. The molecule has 0 aliphatic carbocycles. The number of benzene rings is 1. The minimum absolute atomic E-state index is 0.0902. The van der Waals surface area contributed by atoms with E-state index >= 15 is 0 Å². The van der Waals surface area contributed by atoms with Gasteiger partial charge in [0.15, 0.2) is 9.84 Å². The lowest BCUT2D eigenvalue weighted by Crippen LogP contribution is -2.09. The van der Waals surface area contributed by atoms with Crippen molar-refractivity contribution in [2.45, 2.75) is 24.5 Å². The van der Waals surface area contributed by atoms with Crippen molar-refractivity contribution in [3.63, 3.8) is 0 Å². The SMILES string of the molecule is Cc1ccc2c(c1C)C(=O)c1sccc1CS2(=O)=O. The Balaban J connectivity index is 2.45. The van der Waals surface area contributed by atoms with E-state index in [1.54, 1.807) is 30.5 Å². The van der Waals surface area contributed by atoms with E-state index in [2.05, 4.69) is 0 Å². The summed E-state index contributed by atoms with van der Waals surface area (Å²) in [5, 5.41) is 1.77. The summed E-state index contributed by atoms with van der Waals surface area (Å²) in [5.74, 6) is -0.255. The van der Waals surface area contributed by atoms with Crippen LogP contribution in [-0.4, -0.2) is 14.2 Å². The number of aryl methyl sites for hydroxylation is 1. The summed E-state index contributed by atoms with van der Waals surface area (Å²) >= 11 is 1.31. The van der Waals surface area contributed by atoms with Gasteiger partial charge in [-0.25, -0.2) is 8.42 Å². The van der Waals surface area contributed by atoms with Gasteiger partial charge in [0, 0.05) is 5.56 Å². The molecule has 1 aromatic heterocycles. The number of rotatable bonds is 0. The molecule has 19 heavy (non-hydrogen) atoms. The number of hydrogen-bond acceptors (Lipinski definition) is 4. The van der Waals surface area contributed by atoms with Gasteiger partial charge in [-0.2, -0.15) is 0 Å². The summed E-state index contributed by atoms with van der Waals surface area (Å²) in [6, 6.07) is 5.05. The van der Waals surface area contributed by atoms with Crippen LogP contribution in [0.2, 0.25) is 0 Å². The molecule has 2 aromatic rings. The van der Waals surface area contributed by atoms with E-state index in [0.29, 0.717) is 16.0 Å². The molecule has 0 atom stereocenters. The van der Waals surface area contributed by atoms with Gasteiger partial charge in [0.2, 0.25) is 5.78 Å². The van der Waals surface area contributed by atoms with E-state index in [1.807, 2.05) is 6.92 Å². The maximum atomic E-state index is 12.6. The maximum absolute atomic E-state index is 12.6. The van der Waals surface area contributed by atoms with Crippen LogP contribution in [0.15, 0.2) is 28.5 Å². The molecule has 3 rings (SSSR count). The second-order valence-electron chi connectivity index (χ2n) is 4.74. The van der Waals surface area contributed by atoms with Crippen molar-refractivity contribution in [3.8, 4) is 0 Å². The molecular weight excluding hydrogens is 280 g/mol. The summed E-state index contributed by atoms with van der Waals surface area (Å²) in [5.41, 5.74) is 2.65. The fraction of sp³-hybridized carbons (Fsp3) is 0.214. The average Bonchev–Trinajstić information content (AvgIpc) is 2.75. The van der Waals surface area contributed by atoms with E-state index < -0.39 is 9.84 Å². The maximum Gasteiger partial charge on any atom is 0.204 e. The van der Waals surface area contributed by atoms with Crippen molar-refractivity contribution in [1.29, 1.82) is 0 Å². The Kier molecular flexibility index (Phi) is 2.66. The number of carbonyl (C=O) groups excluding carboxylic acids is 1. The summed E-state index contributed by atoms with van der Waals surface area (Å²) in [7, 11) is -3.45. The lowest BCUT2D eigenvalue weighted by atomic mass is 9.98. The largest absolute Gasteiger partial charge is 0.288 e. The van der Waals surface area contributed by atoms with Crippen LogP contribution in [0.1, 0.15) is 31.9 Å². The number of hydrogen-bond donors (Lipinski definition) is 0. The molecule has 0 saturated heterocycles. The number of fused-ring (bicyclic) bond motifs is 2. The Labute approximate surface area is 115 Å². The average molecular weight is 292 g/mol. The molecule has 0 fully saturated rings. The molecule has 0 saturated carbocycles. The highest BCUT2D eigenvalue weighted by Gasteiger charge is 2.32. The Morgan fingerprint density at radius 2 is 1.89 bits per heavy atom. The summed E-state index contributed by atoms with van der Waals surface area (Å²) in [6.45, 7) is 3.69. The minimum Gasteiger partial charge on any atom is -0.288 e. The zero-order valence-electron chi connectivity index (χ0n) is 10.6. The van der Waals surface area contributed by atoms with Gasteiger partial charge in [-0.3, -0.25) is 4.79 Å². The lowest BCUT2D eigenvalue weighted by Gasteiger charge is -2.10. The first kappa shape index (κ1) is 12.6. The van der Waals surface area contributed by atoms with Gasteiger partial charge in [-0.05, 0) is 48.1 Å². The first-order valence-corrected chi connectivity index (χ1v) is 8.39. The molecule has 0 spiro atoms. The predicted molar refractivity (Wildman–Crippen MR) is 74.6 cm³/mol. The summed E-state index contributed by atoms with van der Waals surface area (Å²) < 4.78 is 24.8. The molecule has 1 aliphatic heterocycles. The van der Waals surface area contributed by atoms with Crippen LogP contribution < -0.4 is 0 Å². The standard InChI is InChI=1S/C14H12O3S2/c1-8-3-4-11-12(9(8)2)13(15)14-10(5-6-18-14)7-19(11,16)17/h3-6H,7H2,1-2H3. The Hall–Kier alpha value is -1.46. The van der Waals surface area contributed by atoms with Gasteiger partial charge in [0.1, 0.15) is 0 Å². The highest BCUT2D eigenvalue weighted by Crippen LogP contribution is 2.34. The molecule has 0 unspecified atom stereocenters. The number of thiophene rings is 1. The summed E-state index contributed by atoms with van der Waals surface area (Å²) in [4.78, 5) is 13.3. The third-order valence-corrected chi connectivity index (χ3v) is 6.22. The van der Waals surface area contributed by atoms with Crippen LogP contribution in [-0.2, 0) is 15.6 Å². The van der Waals surface area contributed by atoms with E-state index in [1.165, 1.54) is 11.3 Å². The van der Waals surface area contributed by atoms with Crippen LogP contribution in [0.3, 0.4) is 0 Å². The molecule has 98 valence electrons. The highest BCUT2D eigenvalue weighted by atomic mass is 32.2. The Bertz CT molecular complexity index is 798. The first-order chi connectivity index (χ1) is 8.92. The topological polar surface area (TPSA) is 51.2 Å². The van der Waals surface area contributed by atoms with E-state index in [0.717, 1.165) is 11.1 Å². The van der Waals surface area contributed by atoms with E-state index in [4.69, 9.17) is 0 Å². The van der Waals surface area contributed by atoms with Crippen LogP contribution in [0.25, 0.3) is 0 Å². The zero-order valence-corrected chi connectivity index (χ0v) is 12.2. The smallest absolute Gasteiger partial charge is 0.204 e. The van der Waals surface area contributed by atoms with Crippen LogP contribution >= 0.6 is 11.3 Å². The normalized spacial score (nSPS) is 16.6. The van der Waals surface area contributed by atoms with Gasteiger partial charge in [0.25, 0.3) is 0 Å². The van der Waals surface area contributed by atoms with Gasteiger partial charge in [-0.1, -0.05) is 6.07 Å². The molecule has 1 aliphatic rings. The van der Waals surface area contributed by atoms with Crippen molar-refractivity contribution in [3.05, 3.63) is 50.7 Å². The Morgan fingerprint density at radius 3 is 2.63 bits per heavy atom. The molecule has 0 radical (unpaired) electrons. The Morgan fingerprint density at radius 1 is 1.16 bits per heavy atom. The fourth-order valence-corrected chi connectivity index (χ4v) is 4.98. The molecule has 5 heteroatoms. The number of ketones is 1.